The molecule has 0 fully saturated rings. The number of rotatable bonds is 9. The Hall–Kier alpha value is -4.98. The number of aromatic amines is 1. The first-order chi connectivity index (χ1) is 18.4. The maximum absolute atomic E-state index is 13.2. The van der Waals surface area contributed by atoms with Crippen molar-refractivity contribution in [3.05, 3.63) is 125 Å². The van der Waals surface area contributed by atoms with Gasteiger partial charge in [-0.3, -0.25) is 9.59 Å². The van der Waals surface area contributed by atoms with Gasteiger partial charge in [0.1, 0.15) is 5.82 Å². The highest BCUT2D eigenvalue weighted by Crippen LogP contribution is 2.33. The van der Waals surface area contributed by atoms with Crippen LogP contribution in [0.3, 0.4) is 0 Å². The predicted octanol–water partition coefficient (Wildman–Crippen LogP) is 5.00. The molecule has 8 heteroatoms. The summed E-state index contributed by atoms with van der Waals surface area (Å²) < 4.78 is 13.2. The molecule has 2 aromatic carbocycles. The largest absolute Gasteiger partial charge is 0.385 e. The summed E-state index contributed by atoms with van der Waals surface area (Å²) in [5, 5.41) is 6.36. The SMILES string of the molecule is C=C/C=C\C(Cc1ccc(F)cc1)=C(/C)NC/C=C/c1ccc2c(c1)NC(=O)/C2=C\c1cnc[nH]1.NC=O. The first-order valence-corrected chi connectivity index (χ1v) is 11.9. The number of nitrogens with one attached hydrogen (secondary N) is 3. The molecule has 194 valence electrons. The van der Waals surface area contributed by atoms with Crippen LogP contribution >= 0.6 is 0 Å². The zero-order chi connectivity index (χ0) is 27.3. The first kappa shape index (κ1) is 27.6. The number of carbonyl (C=O) groups excluding carboxylic acids is 2. The Morgan fingerprint density at radius 2 is 1.97 bits per heavy atom. The standard InChI is InChI=1S/C29H27FN4O.CH3NO/c1-3-4-7-23(15-22-8-11-24(30)12-9-22)20(2)32-14-5-6-21-10-13-26-27(17-25-18-31-19-33-25)29(35)34-28(26)16-21;2-1-3/h3-13,16-19,32H,1,14-15H2,2H3,(H,31,33)(H,34,35);1H,(H2,2,3)/b6-5+,7-4-,23-20-,27-17-;. The van der Waals surface area contributed by atoms with E-state index in [1.54, 1.807) is 36.8 Å². The van der Waals surface area contributed by atoms with Gasteiger partial charge in [0.2, 0.25) is 6.41 Å². The number of hydrogen-bond donors (Lipinski definition) is 4. The van der Waals surface area contributed by atoms with Crippen molar-refractivity contribution in [2.75, 3.05) is 11.9 Å². The van der Waals surface area contributed by atoms with Crippen LogP contribution in [0.4, 0.5) is 10.1 Å². The molecule has 0 unspecified atom stereocenters. The van der Waals surface area contributed by atoms with E-state index in [0.717, 1.165) is 39.3 Å². The maximum Gasteiger partial charge on any atom is 0.256 e. The van der Waals surface area contributed by atoms with E-state index in [0.29, 0.717) is 18.5 Å². The second-order valence-electron chi connectivity index (χ2n) is 8.29. The van der Waals surface area contributed by atoms with E-state index in [4.69, 9.17) is 4.79 Å². The molecule has 0 saturated carbocycles. The van der Waals surface area contributed by atoms with Crippen molar-refractivity contribution in [2.24, 2.45) is 5.73 Å². The monoisotopic (exact) mass is 511 g/mol. The molecule has 3 aromatic rings. The topological polar surface area (TPSA) is 113 Å². The highest BCUT2D eigenvalue weighted by Gasteiger charge is 2.24. The van der Waals surface area contributed by atoms with Gasteiger partial charge in [-0.15, -0.1) is 0 Å². The number of imidazole rings is 1. The molecule has 0 radical (unpaired) electrons. The Morgan fingerprint density at radius 3 is 2.66 bits per heavy atom. The molecule has 4 rings (SSSR count). The number of halogens is 1. The molecule has 0 saturated heterocycles. The quantitative estimate of drug-likeness (QED) is 0.184. The number of nitrogens with zero attached hydrogens (tertiary/aromatic N) is 1. The van der Waals surface area contributed by atoms with Gasteiger partial charge < -0.3 is 21.4 Å². The highest BCUT2D eigenvalue weighted by atomic mass is 19.1. The van der Waals surface area contributed by atoms with Crippen LogP contribution in [0.1, 0.15) is 29.3 Å². The molecule has 0 aliphatic carbocycles. The molecule has 0 atom stereocenters. The zero-order valence-corrected chi connectivity index (χ0v) is 21.1. The molecule has 0 spiro atoms. The van der Waals surface area contributed by atoms with Crippen LogP contribution in [0, 0.1) is 5.82 Å². The van der Waals surface area contributed by atoms with Crippen LogP contribution in [-0.2, 0) is 16.0 Å². The number of fused-ring (bicyclic) bond motifs is 1. The van der Waals surface area contributed by atoms with Gasteiger partial charge >= 0.3 is 0 Å². The Kier molecular flexibility index (Phi) is 10.1. The minimum Gasteiger partial charge on any atom is -0.385 e. The van der Waals surface area contributed by atoms with Crippen molar-refractivity contribution in [1.29, 1.82) is 0 Å². The molecule has 1 aromatic heterocycles. The number of hydrogen-bond acceptors (Lipinski definition) is 4. The molecule has 5 N–H and O–H groups in total. The van der Waals surface area contributed by atoms with Gasteiger partial charge in [-0.25, -0.2) is 9.37 Å². The lowest BCUT2D eigenvalue weighted by Crippen LogP contribution is -2.13. The van der Waals surface area contributed by atoms with Crippen molar-refractivity contribution < 1.29 is 14.0 Å². The van der Waals surface area contributed by atoms with Gasteiger partial charge in [0.05, 0.1) is 23.8 Å². The average molecular weight is 512 g/mol. The number of carbonyl (C=O) groups is 2. The summed E-state index contributed by atoms with van der Waals surface area (Å²) in [4.78, 5) is 28.0. The van der Waals surface area contributed by atoms with E-state index in [-0.39, 0.29) is 18.1 Å². The van der Waals surface area contributed by atoms with Crippen LogP contribution < -0.4 is 16.4 Å². The number of anilines is 1. The second kappa shape index (κ2) is 13.9. The number of benzene rings is 2. The Morgan fingerprint density at radius 1 is 1.21 bits per heavy atom. The summed E-state index contributed by atoms with van der Waals surface area (Å²) in [5.74, 6) is -0.364. The van der Waals surface area contributed by atoms with Crippen molar-refractivity contribution in [3.63, 3.8) is 0 Å². The molecule has 2 heterocycles. The molecule has 2 amide bonds. The molecule has 1 aliphatic heterocycles. The molecule has 0 bridgehead atoms. The van der Waals surface area contributed by atoms with Crippen LogP contribution in [0.5, 0.6) is 0 Å². The Labute approximate surface area is 221 Å². The van der Waals surface area contributed by atoms with Gasteiger partial charge in [-0.1, -0.05) is 61.2 Å². The van der Waals surface area contributed by atoms with E-state index in [1.807, 2.05) is 49.4 Å². The maximum atomic E-state index is 13.2. The Balaban J connectivity index is 0.00000127. The third kappa shape index (κ3) is 7.76. The number of aromatic nitrogens is 2. The number of allylic oxidation sites excluding steroid dienone is 5. The summed E-state index contributed by atoms with van der Waals surface area (Å²) in [6.45, 7) is 6.41. The van der Waals surface area contributed by atoms with Gasteiger partial charge in [0, 0.05) is 23.5 Å². The smallest absolute Gasteiger partial charge is 0.256 e. The summed E-state index contributed by atoms with van der Waals surface area (Å²) in [5.41, 5.74) is 11.4. The highest BCUT2D eigenvalue weighted by molar-refractivity contribution is 6.34. The fraction of sp³-hybridized carbons (Fsp3) is 0.100. The number of H-pyrrole nitrogens is 1. The van der Waals surface area contributed by atoms with Crippen molar-refractivity contribution in [1.82, 2.24) is 15.3 Å². The van der Waals surface area contributed by atoms with E-state index in [2.05, 4.69) is 32.9 Å². The number of amides is 2. The van der Waals surface area contributed by atoms with Crippen LogP contribution in [0.25, 0.3) is 17.7 Å². The summed E-state index contributed by atoms with van der Waals surface area (Å²) in [6.07, 6.45) is 15.7. The molecule has 7 nitrogen and oxygen atoms in total. The van der Waals surface area contributed by atoms with Crippen molar-refractivity contribution >= 4 is 35.7 Å². The normalized spacial score (nSPS) is 14.1. The summed E-state index contributed by atoms with van der Waals surface area (Å²) >= 11 is 0. The van der Waals surface area contributed by atoms with Gasteiger partial charge in [0.15, 0.2) is 0 Å². The molecule has 1 aliphatic rings. The lowest BCUT2D eigenvalue weighted by Gasteiger charge is -2.11. The Bertz CT molecular complexity index is 1380. The number of nitrogens with two attached hydrogens (primary N) is 1. The van der Waals surface area contributed by atoms with Gasteiger partial charge in [-0.05, 0) is 54.3 Å². The van der Waals surface area contributed by atoms with Crippen LogP contribution in [-0.4, -0.2) is 28.8 Å². The van der Waals surface area contributed by atoms with Crippen LogP contribution in [0.15, 0.2) is 97.1 Å². The first-order valence-electron chi connectivity index (χ1n) is 11.9. The minimum atomic E-state index is -0.239. The third-order valence-electron chi connectivity index (χ3n) is 5.66. The molecule has 38 heavy (non-hydrogen) atoms. The lowest BCUT2D eigenvalue weighted by molar-refractivity contribution is -0.110. The summed E-state index contributed by atoms with van der Waals surface area (Å²) in [7, 11) is 0. The third-order valence-corrected chi connectivity index (χ3v) is 5.66. The van der Waals surface area contributed by atoms with Gasteiger partial charge in [-0.2, -0.15) is 0 Å². The minimum absolute atomic E-state index is 0.126. The van der Waals surface area contributed by atoms with Crippen molar-refractivity contribution in [3.8, 4) is 0 Å². The molecular formula is C30H30FN5O2. The van der Waals surface area contributed by atoms with Crippen LogP contribution in [0.2, 0.25) is 0 Å². The van der Waals surface area contributed by atoms with Crippen molar-refractivity contribution in [2.45, 2.75) is 13.3 Å². The zero-order valence-electron chi connectivity index (χ0n) is 21.1. The summed E-state index contributed by atoms with van der Waals surface area (Å²) in [6, 6.07) is 12.5. The van der Waals surface area contributed by atoms with E-state index in [1.165, 1.54) is 12.1 Å². The predicted molar refractivity (Wildman–Crippen MR) is 151 cm³/mol. The fourth-order valence-corrected chi connectivity index (χ4v) is 3.80. The van der Waals surface area contributed by atoms with E-state index in [9.17, 15) is 9.18 Å². The van der Waals surface area contributed by atoms with Gasteiger partial charge in [0.25, 0.3) is 5.91 Å². The number of primary amides is 1. The van der Waals surface area contributed by atoms with E-state index >= 15 is 0 Å². The fourth-order valence-electron chi connectivity index (χ4n) is 3.80. The second-order valence-corrected chi connectivity index (χ2v) is 8.29. The molecular weight excluding hydrogens is 481 g/mol. The van der Waals surface area contributed by atoms with E-state index < -0.39 is 0 Å². The average Bonchev–Trinajstić information content (AvgIpc) is 3.53. The lowest BCUT2D eigenvalue weighted by atomic mass is 10.0.